The molecule has 4 aliphatic carbocycles. The van der Waals surface area contributed by atoms with Gasteiger partial charge in [0.2, 0.25) is 0 Å². The van der Waals surface area contributed by atoms with Crippen molar-refractivity contribution in [2.24, 2.45) is 23.2 Å². The van der Waals surface area contributed by atoms with Gasteiger partial charge in [-0.2, -0.15) is 0 Å². The van der Waals surface area contributed by atoms with Crippen LogP contribution in [-0.4, -0.2) is 5.78 Å². The van der Waals surface area contributed by atoms with Crippen molar-refractivity contribution in [3.8, 4) is 0 Å². The van der Waals surface area contributed by atoms with E-state index in [-0.39, 0.29) is 0 Å². The van der Waals surface area contributed by atoms with Crippen molar-refractivity contribution in [2.75, 3.05) is 0 Å². The van der Waals surface area contributed by atoms with Crippen LogP contribution in [0.25, 0.3) is 0 Å². The van der Waals surface area contributed by atoms with Crippen molar-refractivity contribution < 1.29 is 4.79 Å². The minimum absolute atomic E-state index is 0.310. The zero-order valence-electron chi connectivity index (χ0n) is 11.3. The lowest BCUT2D eigenvalue weighted by atomic mass is 9.48. The first-order valence-corrected chi connectivity index (χ1v) is 9.50. The molecular formula is C16H18BrClOS. The second kappa shape index (κ2) is 4.82. The maximum absolute atomic E-state index is 12.6. The topological polar surface area (TPSA) is 17.1 Å². The third-order valence-electron chi connectivity index (χ3n) is 5.62. The van der Waals surface area contributed by atoms with E-state index in [2.05, 4.69) is 15.9 Å². The number of carbonyl (C=O) groups is 1. The molecule has 1 aromatic heterocycles. The summed E-state index contributed by atoms with van der Waals surface area (Å²) in [4.78, 5) is 13.5. The van der Waals surface area contributed by atoms with E-state index in [4.69, 9.17) is 11.6 Å². The molecule has 0 spiro atoms. The van der Waals surface area contributed by atoms with E-state index in [1.54, 1.807) is 0 Å². The molecule has 0 radical (unpaired) electrons. The summed E-state index contributed by atoms with van der Waals surface area (Å²) in [6.07, 6.45) is 8.94. The summed E-state index contributed by atoms with van der Waals surface area (Å²) in [5, 5.41) is 0.670. The monoisotopic (exact) mass is 372 g/mol. The van der Waals surface area contributed by atoms with Crippen LogP contribution in [0.15, 0.2) is 9.85 Å². The third kappa shape index (κ3) is 2.30. The van der Waals surface area contributed by atoms with Crippen molar-refractivity contribution in [2.45, 2.75) is 44.9 Å². The largest absolute Gasteiger partial charge is 0.293 e. The number of Topliss-reactive ketones (excluding diaryl/α,β-unsaturated/α-hetero) is 1. The highest BCUT2D eigenvalue weighted by Crippen LogP contribution is 2.61. The van der Waals surface area contributed by atoms with Gasteiger partial charge >= 0.3 is 0 Å². The lowest BCUT2D eigenvalue weighted by Crippen LogP contribution is -2.46. The summed E-state index contributed by atoms with van der Waals surface area (Å²) in [7, 11) is 0. The maximum Gasteiger partial charge on any atom is 0.173 e. The molecule has 20 heavy (non-hydrogen) atoms. The molecule has 4 bridgehead atoms. The molecule has 0 aliphatic heterocycles. The Labute approximate surface area is 137 Å². The number of ketones is 1. The summed E-state index contributed by atoms with van der Waals surface area (Å²) in [5.41, 5.74) is 0.328. The van der Waals surface area contributed by atoms with Gasteiger partial charge in [0.25, 0.3) is 0 Å². The predicted octanol–water partition coefficient (Wildman–Crippen LogP) is 5.95. The Balaban J connectivity index is 1.55. The van der Waals surface area contributed by atoms with Crippen LogP contribution in [0, 0.1) is 23.2 Å². The number of carbonyl (C=O) groups excluding carboxylic acids is 1. The summed E-state index contributed by atoms with van der Waals surface area (Å²) in [6, 6.07) is 1.83. The summed E-state index contributed by atoms with van der Waals surface area (Å²) in [6.45, 7) is 0. The van der Waals surface area contributed by atoms with Crippen molar-refractivity contribution >= 4 is 44.7 Å². The first-order chi connectivity index (χ1) is 9.53. The van der Waals surface area contributed by atoms with Crippen LogP contribution in [-0.2, 0) is 0 Å². The van der Waals surface area contributed by atoms with Gasteiger partial charge in [0, 0.05) is 6.42 Å². The average molecular weight is 374 g/mol. The minimum atomic E-state index is 0.310. The van der Waals surface area contributed by atoms with E-state index >= 15 is 0 Å². The highest BCUT2D eigenvalue weighted by Gasteiger charge is 2.51. The quantitative estimate of drug-likeness (QED) is 0.598. The van der Waals surface area contributed by atoms with Crippen LogP contribution in [0.5, 0.6) is 0 Å². The van der Waals surface area contributed by atoms with Gasteiger partial charge in [-0.25, -0.2) is 0 Å². The van der Waals surface area contributed by atoms with Crippen molar-refractivity contribution in [1.82, 2.24) is 0 Å². The molecule has 4 heteroatoms. The molecule has 4 fully saturated rings. The Kier molecular flexibility index (Phi) is 3.32. The highest BCUT2D eigenvalue weighted by molar-refractivity contribution is 9.11. The molecule has 0 aromatic carbocycles. The molecule has 0 amide bonds. The fourth-order valence-corrected chi connectivity index (χ4v) is 7.06. The fourth-order valence-electron chi connectivity index (χ4n) is 5.42. The maximum atomic E-state index is 12.6. The zero-order valence-corrected chi connectivity index (χ0v) is 14.5. The molecule has 4 saturated carbocycles. The van der Waals surface area contributed by atoms with Gasteiger partial charge in [-0.3, -0.25) is 4.79 Å². The van der Waals surface area contributed by atoms with Crippen molar-refractivity contribution in [1.29, 1.82) is 0 Å². The van der Waals surface area contributed by atoms with Crippen molar-refractivity contribution in [3.05, 3.63) is 19.8 Å². The molecular weight excluding hydrogens is 356 g/mol. The van der Waals surface area contributed by atoms with E-state index in [0.717, 1.165) is 32.8 Å². The van der Waals surface area contributed by atoms with Gasteiger partial charge in [0.05, 0.1) is 13.7 Å². The zero-order chi connectivity index (χ0) is 13.9. The SMILES string of the molecule is O=C(CC12CC3CC(CC(C3)C1)C2)c1cc(Cl)c(Br)s1. The van der Waals surface area contributed by atoms with E-state index in [0.29, 0.717) is 16.2 Å². The van der Waals surface area contributed by atoms with Gasteiger partial charge in [-0.05, 0) is 83.7 Å². The number of halogens is 2. The first-order valence-electron chi connectivity index (χ1n) is 7.51. The normalized spacial score (nSPS) is 38.4. The van der Waals surface area contributed by atoms with Gasteiger partial charge < -0.3 is 0 Å². The van der Waals surface area contributed by atoms with Crippen LogP contribution in [0.4, 0.5) is 0 Å². The molecule has 4 aliphatic rings. The average Bonchev–Trinajstić information content (AvgIpc) is 2.67. The molecule has 1 aromatic rings. The second-order valence-electron chi connectivity index (χ2n) is 7.25. The smallest absolute Gasteiger partial charge is 0.173 e. The number of hydrogen-bond acceptors (Lipinski definition) is 2. The van der Waals surface area contributed by atoms with Crippen LogP contribution in [0.1, 0.15) is 54.6 Å². The molecule has 0 atom stereocenters. The standard InChI is InChI=1S/C16H18BrClOS/c17-15-12(18)4-14(20-15)13(19)8-16-5-9-1-10(6-16)3-11(2-9)7-16/h4,9-11H,1-3,5-8H2. The Morgan fingerprint density at radius 1 is 1.25 bits per heavy atom. The van der Waals surface area contributed by atoms with Crippen LogP contribution < -0.4 is 0 Å². The Morgan fingerprint density at radius 2 is 1.80 bits per heavy atom. The lowest BCUT2D eigenvalue weighted by Gasteiger charge is -2.56. The molecule has 0 N–H and O–H groups in total. The van der Waals surface area contributed by atoms with Crippen LogP contribution in [0.2, 0.25) is 5.02 Å². The molecule has 1 heterocycles. The van der Waals surface area contributed by atoms with Gasteiger partial charge in [0.1, 0.15) is 0 Å². The first kappa shape index (κ1) is 13.8. The van der Waals surface area contributed by atoms with E-state index < -0.39 is 0 Å². The number of rotatable bonds is 3. The summed E-state index contributed by atoms with van der Waals surface area (Å²) < 4.78 is 0.882. The Bertz CT molecular complexity index is 510. The molecule has 0 unspecified atom stereocenters. The third-order valence-corrected chi connectivity index (χ3v) is 8.14. The van der Waals surface area contributed by atoms with E-state index in [1.807, 2.05) is 6.07 Å². The number of hydrogen-bond donors (Lipinski definition) is 0. The molecule has 1 nitrogen and oxygen atoms in total. The highest BCUT2D eigenvalue weighted by atomic mass is 79.9. The van der Waals surface area contributed by atoms with E-state index in [1.165, 1.54) is 49.9 Å². The van der Waals surface area contributed by atoms with Gasteiger partial charge in [-0.1, -0.05) is 11.6 Å². The van der Waals surface area contributed by atoms with Crippen molar-refractivity contribution in [3.63, 3.8) is 0 Å². The molecule has 0 saturated heterocycles. The second-order valence-corrected chi connectivity index (χ2v) is 10.0. The fraction of sp³-hybridized carbons (Fsp3) is 0.688. The predicted molar refractivity (Wildman–Crippen MR) is 86.6 cm³/mol. The van der Waals surface area contributed by atoms with Crippen LogP contribution in [0.3, 0.4) is 0 Å². The van der Waals surface area contributed by atoms with Gasteiger partial charge in [-0.15, -0.1) is 11.3 Å². The lowest BCUT2D eigenvalue weighted by molar-refractivity contribution is -0.0523. The molecule has 5 rings (SSSR count). The minimum Gasteiger partial charge on any atom is -0.293 e. The van der Waals surface area contributed by atoms with E-state index in [9.17, 15) is 4.79 Å². The Hall–Kier alpha value is 0.140. The molecule has 108 valence electrons. The summed E-state index contributed by atoms with van der Waals surface area (Å²) >= 11 is 11.0. The van der Waals surface area contributed by atoms with Crippen LogP contribution >= 0.6 is 38.9 Å². The summed E-state index contributed by atoms with van der Waals surface area (Å²) in [5.74, 6) is 3.04. The van der Waals surface area contributed by atoms with Gasteiger partial charge in [0.15, 0.2) is 5.78 Å². The Morgan fingerprint density at radius 3 is 2.25 bits per heavy atom. The number of thiophene rings is 1.